The minimum absolute atomic E-state index is 0.155. The number of benzene rings is 1. The van der Waals surface area contributed by atoms with Crippen LogP contribution >= 0.6 is 0 Å². The van der Waals surface area contributed by atoms with Gasteiger partial charge in [0.1, 0.15) is 0 Å². The molecule has 2 aliphatic rings. The number of nitrogens with zero attached hydrogens (tertiary/aromatic N) is 1. The van der Waals surface area contributed by atoms with Gasteiger partial charge in [0.15, 0.2) is 0 Å². The van der Waals surface area contributed by atoms with Crippen LogP contribution in [0.4, 0.5) is 0 Å². The standard InChI is InChI=1S/C23H33N3O4S/c1-2-22(27)25-20-9-6-16-26(17-20)31(29,30)21-12-10-19(11-13-21)23(28)24-15-14-18-7-4-3-5-8-18/h2,10-13,18,20H,1,3-9,14-17H2,(H,24,28)(H,25,27)/t20-/m0/s1. The summed E-state index contributed by atoms with van der Waals surface area (Å²) in [5.74, 6) is 0.222. The van der Waals surface area contributed by atoms with Gasteiger partial charge >= 0.3 is 0 Å². The fraction of sp³-hybridized carbons (Fsp3) is 0.565. The number of hydrogen-bond acceptors (Lipinski definition) is 4. The van der Waals surface area contributed by atoms with E-state index in [1.165, 1.54) is 54.6 Å². The van der Waals surface area contributed by atoms with Gasteiger partial charge in [0.05, 0.1) is 4.90 Å². The molecule has 31 heavy (non-hydrogen) atoms. The summed E-state index contributed by atoms with van der Waals surface area (Å²) in [6.45, 7) is 4.71. The van der Waals surface area contributed by atoms with Crippen molar-refractivity contribution in [2.75, 3.05) is 19.6 Å². The molecule has 0 aromatic heterocycles. The van der Waals surface area contributed by atoms with Crippen LogP contribution in [0.3, 0.4) is 0 Å². The number of hydrogen-bond donors (Lipinski definition) is 2. The second-order valence-corrected chi connectivity index (χ2v) is 10.4. The van der Waals surface area contributed by atoms with E-state index in [1.54, 1.807) is 12.1 Å². The summed E-state index contributed by atoms with van der Waals surface area (Å²) >= 11 is 0. The molecule has 8 heteroatoms. The van der Waals surface area contributed by atoms with E-state index >= 15 is 0 Å². The van der Waals surface area contributed by atoms with E-state index in [4.69, 9.17) is 0 Å². The maximum absolute atomic E-state index is 13.0. The van der Waals surface area contributed by atoms with Crippen molar-refractivity contribution >= 4 is 21.8 Å². The number of carbonyl (C=O) groups is 2. The molecule has 0 bridgehead atoms. The van der Waals surface area contributed by atoms with Crippen LogP contribution in [0.25, 0.3) is 0 Å². The predicted molar refractivity (Wildman–Crippen MR) is 120 cm³/mol. The van der Waals surface area contributed by atoms with E-state index in [0.717, 1.165) is 12.8 Å². The number of piperidine rings is 1. The monoisotopic (exact) mass is 447 g/mol. The third-order valence-corrected chi connectivity index (χ3v) is 8.11. The summed E-state index contributed by atoms with van der Waals surface area (Å²) in [4.78, 5) is 24.1. The van der Waals surface area contributed by atoms with Gasteiger partial charge in [-0.25, -0.2) is 8.42 Å². The molecular weight excluding hydrogens is 414 g/mol. The van der Waals surface area contributed by atoms with E-state index in [0.29, 0.717) is 31.0 Å². The van der Waals surface area contributed by atoms with Crippen molar-refractivity contribution < 1.29 is 18.0 Å². The molecule has 1 aliphatic carbocycles. The molecule has 1 saturated carbocycles. The van der Waals surface area contributed by atoms with Crippen LogP contribution in [0.1, 0.15) is 61.7 Å². The van der Waals surface area contributed by atoms with Gasteiger partial charge in [-0.3, -0.25) is 9.59 Å². The van der Waals surface area contributed by atoms with Crippen molar-refractivity contribution in [3.63, 3.8) is 0 Å². The van der Waals surface area contributed by atoms with Crippen molar-refractivity contribution in [1.82, 2.24) is 14.9 Å². The van der Waals surface area contributed by atoms with E-state index in [1.807, 2.05) is 0 Å². The van der Waals surface area contributed by atoms with Gasteiger partial charge in [0.2, 0.25) is 15.9 Å². The first-order valence-corrected chi connectivity index (χ1v) is 12.7. The van der Waals surface area contributed by atoms with Crippen LogP contribution in [0.5, 0.6) is 0 Å². The Balaban J connectivity index is 1.55. The predicted octanol–water partition coefficient (Wildman–Crippen LogP) is 2.84. The number of amides is 2. The van der Waals surface area contributed by atoms with Gasteiger partial charge in [0, 0.05) is 31.2 Å². The molecule has 0 spiro atoms. The zero-order valence-electron chi connectivity index (χ0n) is 18.0. The lowest BCUT2D eigenvalue weighted by molar-refractivity contribution is -0.117. The summed E-state index contributed by atoms with van der Waals surface area (Å²) in [6.07, 6.45) is 9.96. The summed E-state index contributed by atoms with van der Waals surface area (Å²) in [5, 5.41) is 5.72. The van der Waals surface area contributed by atoms with E-state index in [-0.39, 0.29) is 29.3 Å². The van der Waals surface area contributed by atoms with Crippen LogP contribution < -0.4 is 10.6 Å². The first-order valence-electron chi connectivity index (χ1n) is 11.2. The van der Waals surface area contributed by atoms with Gasteiger partial charge in [-0.1, -0.05) is 38.7 Å². The van der Waals surface area contributed by atoms with E-state index < -0.39 is 10.0 Å². The Labute approximate surface area is 185 Å². The van der Waals surface area contributed by atoms with Crippen molar-refractivity contribution in [2.24, 2.45) is 5.92 Å². The first-order chi connectivity index (χ1) is 14.9. The minimum Gasteiger partial charge on any atom is -0.352 e. The normalized spacial score (nSPS) is 20.7. The smallest absolute Gasteiger partial charge is 0.251 e. The lowest BCUT2D eigenvalue weighted by Gasteiger charge is -2.32. The second kappa shape index (κ2) is 10.9. The molecule has 1 heterocycles. The van der Waals surface area contributed by atoms with Gasteiger partial charge in [-0.05, 0) is 55.5 Å². The molecule has 0 radical (unpaired) electrons. The van der Waals surface area contributed by atoms with Crippen LogP contribution in [0.2, 0.25) is 0 Å². The highest BCUT2D eigenvalue weighted by atomic mass is 32.2. The summed E-state index contributed by atoms with van der Waals surface area (Å²) < 4.78 is 27.4. The maximum Gasteiger partial charge on any atom is 0.251 e. The zero-order chi connectivity index (χ0) is 22.3. The highest BCUT2D eigenvalue weighted by Gasteiger charge is 2.30. The molecule has 2 fully saturated rings. The summed E-state index contributed by atoms with van der Waals surface area (Å²) in [6, 6.07) is 5.85. The number of carbonyl (C=O) groups excluding carboxylic acids is 2. The molecule has 1 aliphatic heterocycles. The van der Waals surface area contributed by atoms with Crippen LogP contribution in [0, 0.1) is 5.92 Å². The largest absolute Gasteiger partial charge is 0.352 e. The van der Waals surface area contributed by atoms with Crippen molar-refractivity contribution in [3.05, 3.63) is 42.5 Å². The van der Waals surface area contributed by atoms with Gasteiger partial charge in [-0.2, -0.15) is 4.31 Å². The fourth-order valence-corrected chi connectivity index (χ4v) is 5.96. The third-order valence-electron chi connectivity index (χ3n) is 6.23. The van der Waals surface area contributed by atoms with Gasteiger partial charge in [-0.15, -0.1) is 0 Å². The molecule has 1 aromatic carbocycles. The summed E-state index contributed by atoms with van der Waals surface area (Å²) in [7, 11) is -3.69. The Morgan fingerprint density at radius 2 is 1.77 bits per heavy atom. The van der Waals surface area contributed by atoms with Crippen molar-refractivity contribution in [3.8, 4) is 0 Å². The molecule has 1 saturated heterocycles. The minimum atomic E-state index is -3.69. The molecule has 170 valence electrons. The molecule has 1 atom stereocenters. The van der Waals surface area contributed by atoms with Crippen LogP contribution in [-0.4, -0.2) is 50.2 Å². The lowest BCUT2D eigenvalue weighted by Crippen LogP contribution is -2.49. The highest BCUT2D eigenvalue weighted by Crippen LogP contribution is 2.26. The van der Waals surface area contributed by atoms with Crippen molar-refractivity contribution in [2.45, 2.75) is 62.3 Å². The first kappa shape index (κ1) is 23.5. The molecule has 2 amide bonds. The SMILES string of the molecule is C=CC(=O)N[C@H]1CCCN(S(=O)(=O)c2ccc(C(=O)NCCC3CCCCC3)cc2)C1. The molecule has 7 nitrogen and oxygen atoms in total. The fourth-order valence-electron chi connectivity index (χ4n) is 4.43. The third kappa shape index (κ3) is 6.40. The second-order valence-electron chi connectivity index (χ2n) is 8.49. The lowest BCUT2D eigenvalue weighted by atomic mass is 9.87. The van der Waals surface area contributed by atoms with Crippen LogP contribution in [-0.2, 0) is 14.8 Å². The Morgan fingerprint density at radius 1 is 1.06 bits per heavy atom. The average Bonchev–Trinajstić information content (AvgIpc) is 2.80. The topological polar surface area (TPSA) is 95.6 Å². The van der Waals surface area contributed by atoms with E-state index in [2.05, 4.69) is 17.2 Å². The van der Waals surface area contributed by atoms with Gasteiger partial charge in [0.25, 0.3) is 5.91 Å². The Hall–Kier alpha value is -2.19. The van der Waals surface area contributed by atoms with Crippen LogP contribution in [0.15, 0.2) is 41.8 Å². The molecular formula is C23H33N3O4S. The van der Waals surface area contributed by atoms with Crippen molar-refractivity contribution in [1.29, 1.82) is 0 Å². The maximum atomic E-state index is 13.0. The molecule has 1 aromatic rings. The quantitative estimate of drug-likeness (QED) is 0.599. The van der Waals surface area contributed by atoms with E-state index in [9.17, 15) is 18.0 Å². The Morgan fingerprint density at radius 3 is 2.45 bits per heavy atom. The zero-order valence-corrected chi connectivity index (χ0v) is 18.8. The molecule has 2 N–H and O–H groups in total. The molecule has 3 rings (SSSR count). The number of nitrogens with one attached hydrogen (secondary N) is 2. The number of rotatable bonds is 8. The average molecular weight is 448 g/mol. The van der Waals surface area contributed by atoms with Gasteiger partial charge < -0.3 is 10.6 Å². The Bertz CT molecular complexity index is 877. The summed E-state index contributed by atoms with van der Waals surface area (Å²) in [5.41, 5.74) is 0.456. The molecule has 0 unspecified atom stereocenters. The highest BCUT2D eigenvalue weighted by molar-refractivity contribution is 7.89. The Kier molecular flexibility index (Phi) is 8.26. The number of sulfonamides is 1.